The molecule has 0 spiro atoms. The molecule has 1 aliphatic heterocycles. The highest BCUT2D eigenvalue weighted by molar-refractivity contribution is 5.74. The summed E-state index contributed by atoms with van der Waals surface area (Å²) in [4.78, 5) is 22.8. The Labute approximate surface area is 98.3 Å². The molecule has 1 N–H and O–H groups in total. The summed E-state index contributed by atoms with van der Waals surface area (Å²) in [5, 5.41) is 8.84. The quantitative estimate of drug-likeness (QED) is 0.724. The standard InChI is InChI=1S/C10H16FNO5/c1-16-9(13)8(11)6-17-5-7-3-2-4-12(7)10(14)15/h7-8H,2-6H2,1H3,(H,14,15)/t7-,8?/m0/s1. The van der Waals surface area contributed by atoms with E-state index in [1.54, 1.807) is 0 Å². The van der Waals surface area contributed by atoms with E-state index in [2.05, 4.69) is 4.74 Å². The molecule has 1 fully saturated rings. The van der Waals surface area contributed by atoms with Gasteiger partial charge < -0.3 is 19.5 Å². The van der Waals surface area contributed by atoms with Gasteiger partial charge in [-0.05, 0) is 12.8 Å². The van der Waals surface area contributed by atoms with E-state index in [4.69, 9.17) is 9.84 Å². The van der Waals surface area contributed by atoms with Crippen molar-refractivity contribution in [1.29, 1.82) is 0 Å². The molecule has 1 aliphatic rings. The number of hydrogen-bond acceptors (Lipinski definition) is 4. The molecular weight excluding hydrogens is 233 g/mol. The van der Waals surface area contributed by atoms with Gasteiger partial charge in [-0.25, -0.2) is 14.0 Å². The zero-order valence-electron chi connectivity index (χ0n) is 9.60. The summed E-state index contributed by atoms with van der Waals surface area (Å²) in [5.41, 5.74) is 0. The fraction of sp³-hybridized carbons (Fsp3) is 0.800. The highest BCUT2D eigenvalue weighted by Gasteiger charge is 2.29. The average Bonchev–Trinajstić information content (AvgIpc) is 2.76. The van der Waals surface area contributed by atoms with E-state index in [1.165, 1.54) is 4.90 Å². The predicted octanol–water partition coefficient (Wildman–Crippen LogP) is 0.657. The van der Waals surface area contributed by atoms with Crippen molar-refractivity contribution >= 4 is 12.1 Å². The Morgan fingerprint density at radius 3 is 2.88 bits per heavy atom. The number of methoxy groups -OCH3 is 1. The number of alkyl halides is 1. The van der Waals surface area contributed by atoms with Gasteiger partial charge in [0.25, 0.3) is 0 Å². The van der Waals surface area contributed by atoms with Crippen LogP contribution in [0, 0.1) is 0 Å². The van der Waals surface area contributed by atoms with Gasteiger partial charge in [0.1, 0.15) is 0 Å². The summed E-state index contributed by atoms with van der Waals surface area (Å²) < 4.78 is 22.2. The lowest BCUT2D eigenvalue weighted by Crippen LogP contribution is -2.38. The molecule has 1 rings (SSSR count). The summed E-state index contributed by atoms with van der Waals surface area (Å²) in [6, 6.07) is -0.252. The van der Waals surface area contributed by atoms with E-state index < -0.39 is 24.8 Å². The smallest absolute Gasteiger partial charge is 0.407 e. The SMILES string of the molecule is COC(=O)C(F)COC[C@@H]1CCCN1C(=O)O. The monoisotopic (exact) mass is 249 g/mol. The molecule has 1 saturated heterocycles. The number of carbonyl (C=O) groups excluding carboxylic acids is 1. The van der Waals surface area contributed by atoms with Gasteiger partial charge in [0.05, 0.1) is 26.4 Å². The van der Waals surface area contributed by atoms with Crippen molar-refractivity contribution in [2.24, 2.45) is 0 Å². The van der Waals surface area contributed by atoms with Gasteiger partial charge in [-0.3, -0.25) is 0 Å². The molecule has 6 nitrogen and oxygen atoms in total. The number of hydrogen-bond donors (Lipinski definition) is 1. The third-order valence-electron chi connectivity index (χ3n) is 2.65. The van der Waals surface area contributed by atoms with E-state index >= 15 is 0 Å². The fourth-order valence-electron chi connectivity index (χ4n) is 1.76. The second kappa shape index (κ2) is 6.39. The van der Waals surface area contributed by atoms with E-state index in [0.29, 0.717) is 13.0 Å². The lowest BCUT2D eigenvalue weighted by Gasteiger charge is -2.21. The van der Waals surface area contributed by atoms with Crippen LogP contribution in [0.4, 0.5) is 9.18 Å². The fourth-order valence-corrected chi connectivity index (χ4v) is 1.76. The van der Waals surface area contributed by atoms with Crippen LogP contribution in [0.25, 0.3) is 0 Å². The number of likely N-dealkylation sites (tertiary alicyclic amines) is 1. The van der Waals surface area contributed by atoms with E-state index in [0.717, 1.165) is 13.5 Å². The summed E-state index contributed by atoms with van der Waals surface area (Å²) >= 11 is 0. The molecule has 17 heavy (non-hydrogen) atoms. The Balaban J connectivity index is 2.26. The number of nitrogens with zero attached hydrogens (tertiary/aromatic N) is 1. The Morgan fingerprint density at radius 2 is 2.29 bits per heavy atom. The predicted molar refractivity (Wildman–Crippen MR) is 55.5 cm³/mol. The van der Waals surface area contributed by atoms with Crippen LogP contribution in [-0.2, 0) is 14.3 Å². The van der Waals surface area contributed by atoms with Crippen molar-refractivity contribution in [3.05, 3.63) is 0 Å². The van der Waals surface area contributed by atoms with Gasteiger partial charge in [0.15, 0.2) is 0 Å². The number of rotatable bonds is 5. The van der Waals surface area contributed by atoms with E-state index in [1.807, 2.05) is 0 Å². The first kappa shape index (κ1) is 13.7. The third-order valence-corrected chi connectivity index (χ3v) is 2.65. The zero-order valence-corrected chi connectivity index (χ0v) is 9.60. The first-order chi connectivity index (χ1) is 8.06. The maximum Gasteiger partial charge on any atom is 0.407 e. The molecule has 98 valence electrons. The van der Waals surface area contributed by atoms with Crippen LogP contribution in [-0.4, -0.2) is 61.2 Å². The second-order valence-electron chi connectivity index (χ2n) is 3.80. The van der Waals surface area contributed by atoms with Crippen molar-refractivity contribution in [3.63, 3.8) is 0 Å². The van der Waals surface area contributed by atoms with Crippen molar-refractivity contribution in [2.45, 2.75) is 25.1 Å². The minimum Gasteiger partial charge on any atom is -0.467 e. The molecule has 7 heteroatoms. The molecular formula is C10H16FNO5. The van der Waals surface area contributed by atoms with Crippen LogP contribution in [0.3, 0.4) is 0 Å². The maximum absolute atomic E-state index is 13.0. The molecule has 0 aromatic rings. The maximum atomic E-state index is 13.0. The van der Waals surface area contributed by atoms with Gasteiger partial charge in [0.2, 0.25) is 6.17 Å². The normalized spacial score (nSPS) is 21.3. The van der Waals surface area contributed by atoms with Crippen LogP contribution in [0.15, 0.2) is 0 Å². The number of esters is 1. The van der Waals surface area contributed by atoms with Crippen LogP contribution in [0.5, 0.6) is 0 Å². The number of carbonyl (C=O) groups is 2. The topological polar surface area (TPSA) is 76.1 Å². The Hall–Kier alpha value is -1.37. The lowest BCUT2D eigenvalue weighted by atomic mass is 10.2. The van der Waals surface area contributed by atoms with E-state index in [9.17, 15) is 14.0 Å². The number of carboxylic acid groups (broad SMARTS) is 1. The Kier molecular flexibility index (Phi) is 5.14. The third kappa shape index (κ3) is 3.85. The minimum atomic E-state index is -1.82. The van der Waals surface area contributed by atoms with E-state index in [-0.39, 0.29) is 12.6 Å². The molecule has 0 aromatic heterocycles. The largest absolute Gasteiger partial charge is 0.467 e. The number of halogens is 1. The summed E-state index contributed by atoms with van der Waals surface area (Å²) in [7, 11) is 1.10. The van der Waals surface area contributed by atoms with Crippen molar-refractivity contribution < 1.29 is 28.6 Å². The molecule has 0 aromatic carbocycles. The summed E-state index contributed by atoms with van der Waals surface area (Å²) in [5.74, 6) is -0.980. The highest BCUT2D eigenvalue weighted by Crippen LogP contribution is 2.17. The van der Waals surface area contributed by atoms with Crippen LogP contribution in [0.2, 0.25) is 0 Å². The van der Waals surface area contributed by atoms with Gasteiger partial charge in [0, 0.05) is 6.54 Å². The first-order valence-electron chi connectivity index (χ1n) is 5.35. The molecule has 1 amide bonds. The van der Waals surface area contributed by atoms with Gasteiger partial charge in [-0.2, -0.15) is 0 Å². The minimum absolute atomic E-state index is 0.101. The molecule has 2 atom stereocenters. The molecule has 1 heterocycles. The summed E-state index contributed by atoms with van der Waals surface area (Å²) in [6.45, 7) is 0.166. The first-order valence-corrected chi connectivity index (χ1v) is 5.35. The second-order valence-corrected chi connectivity index (χ2v) is 3.80. The Bertz CT molecular complexity index is 286. The lowest BCUT2D eigenvalue weighted by molar-refractivity contribution is -0.149. The van der Waals surface area contributed by atoms with Crippen LogP contribution in [0.1, 0.15) is 12.8 Å². The molecule has 1 unspecified atom stereocenters. The number of amides is 1. The van der Waals surface area contributed by atoms with Crippen molar-refractivity contribution in [3.8, 4) is 0 Å². The van der Waals surface area contributed by atoms with Gasteiger partial charge in [-0.1, -0.05) is 0 Å². The van der Waals surface area contributed by atoms with Gasteiger partial charge in [-0.15, -0.1) is 0 Å². The highest BCUT2D eigenvalue weighted by atomic mass is 19.1. The summed E-state index contributed by atoms with van der Waals surface area (Å²) in [6.07, 6.45) is -1.35. The molecule has 0 bridgehead atoms. The van der Waals surface area contributed by atoms with Crippen molar-refractivity contribution in [1.82, 2.24) is 4.90 Å². The van der Waals surface area contributed by atoms with Gasteiger partial charge >= 0.3 is 12.1 Å². The molecule has 0 radical (unpaired) electrons. The zero-order chi connectivity index (χ0) is 12.8. The van der Waals surface area contributed by atoms with Crippen molar-refractivity contribution in [2.75, 3.05) is 26.9 Å². The van der Waals surface area contributed by atoms with Crippen LogP contribution >= 0.6 is 0 Å². The molecule has 0 saturated carbocycles. The number of ether oxygens (including phenoxy) is 2. The molecule has 0 aliphatic carbocycles. The van der Waals surface area contributed by atoms with Crippen LogP contribution < -0.4 is 0 Å². The Morgan fingerprint density at radius 1 is 1.59 bits per heavy atom. The average molecular weight is 249 g/mol.